The van der Waals surface area contributed by atoms with Gasteiger partial charge in [0.25, 0.3) is 5.91 Å². The van der Waals surface area contributed by atoms with Gasteiger partial charge in [0.15, 0.2) is 5.69 Å². The number of amides is 1. The van der Waals surface area contributed by atoms with E-state index < -0.39 is 18.6 Å². The van der Waals surface area contributed by atoms with Gasteiger partial charge in [-0.05, 0) is 19.4 Å². The summed E-state index contributed by atoms with van der Waals surface area (Å²) in [6, 6.07) is 1.30. The van der Waals surface area contributed by atoms with Gasteiger partial charge in [0.1, 0.15) is 0 Å². The summed E-state index contributed by atoms with van der Waals surface area (Å²) in [6.07, 6.45) is -0.339. The zero-order chi connectivity index (χ0) is 14.9. The standard InChI is InChI=1S/C12H17F2N3O3/c1-7-4-9(15-17(7)12(13)14)11(20)16-3-2-8(6-18)10(19)5-16/h4,8,10,12,18-19H,2-3,5-6H2,1H3/t8-,10-/m1/s1. The van der Waals surface area contributed by atoms with Crippen LogP contribution in [-0.2, 0) is 0 Å². The van der Waals surface area contributed by atoms with Crippen LogP contribution in [0.2, 0.25) is 0 Å². The lowest BCUT2D eigenvalue weighted by Crippen LogP contribution is -2.47. The lowest BCUT2D eigenvalue weighted by Gasteiger charge is -2.34. The molecule has 20 heavy (non-hydrogen) atoms. The van der Waals surface area contributed by atoms with Crippen molar-refractivity contribution in [1.29, 1.82) is 0 Å². The number of halogens is 2. The van der Waals surface area contributed by atoms with Crippen LogP contribution in [0.3, 0.4) is 0 Å². The Morgan fingerprint density at radius 2 is 2.30 bits per heavy atom. The predicted molar refractivity (Wildman–Crippen MR) is 65.3 cm³/mol. The molecule has 112 valence electrons. The van der Waals surface area contributed by atoms with E-state index in [4.69, 9.17) is 5.11 Å². The lowest BCUT2D eigenvalue weighted by atomic mass is 9.94. The fourth-order valence-electron chi connectivity index (χ4n) is 2.33. The van der Waals surface area contributed by atoms with Crippen molar-refractivity contribution in [2.45, 2.75) is 26.0 Å². The molecule has 1 amide bonds. The number of aliphatic hydroxyl groups excluding tert-OH is 2. The number of hydrogen-bond acceptors (Lipinski definition) is 4. The van der Waals surface area contributed by atoms with Crippen molar-refractivity contribution in [3.05, 3.63) is 17.5 Å². The average molecular weight is 289 g/mol. The first kappa shape index (κ1) is 14.9. The highest BCUT2D eigenvalue weighted by Gasteiger charge is 2.31. The van der Waals surface area contributed by atoms with E-state index >= 15 is 0 Å². The topological polar surface area (TPSA) is 78.6 Å². The summed E-state index contributed by atoms with van der Waals surface area (Å²) in [5, 5.41) is 22.4. The Kier molecular flexibility index (Phi) is 4.34. The molecule has 0 spiro atoms. The molecule has 1 saturated heterocycles. The van der Waals surface area contributed by atoms with E-state index in [1.807, 2.05) is 0 Å². The van der Waals surface area contributed by atoms with Gasteiger partial charge in [-0.3, -0.25) is 4.79 Å². The lowest BCUT2D eigenvalue weighted by molar-refractivity contribution is 0.000416. The minimum absolute atomic E-state index is 0.0579. The van der Waals surface area contributed by atoms with Crippen LogP contribution in [0.15, 0.2) is 6.07 Å². The third-order valence-corrected chi connectivity index (χ3v) is 3.57. The Labute approximate surface area is 114 Å². The number of nitrogens with zero attached hydrogens (tertiary/aromatic N) is 3. The molecule has 1 aliphatic rings. The van der Waals surface area contributed by atoms with Crippen molar-refractivity contribution in [3.63, 3.8) is 0 Å². The summed E-state index contributed by atoms with van der Waals surface area (Å²) in [4.78, 5) is 13.5. The molecule has 0 aromatic carbocycles. The minimum Gasteiger partial charge on any atom is -0.396 e. The van der Waals surface area contributed by atoms with Crippen LogP contribution in [0.5, 0.6) is 0 Å². The molecule has 1 aliphatic heterocycles. The van der Waals surface area contributed by atoms with E-state index in [0.29, 0.717) is 17.6 Å². The molecule has 0 saturated carbocycles. The molecule has 8 heteroatoms. The Morgan fingerprint density at radius 1 is 1.60 bits per heavy atom. The molecule has 0 unspecified atom stereocenters. The number of carbonyl (C=O) groups excluding carboxylic acids is 1. The van der Waals surface area contributed by atoms with Crippen LogP contribution in [0.1, 0.15) is 29.2 Å². The number of aromatic nitrogens is 2. The highest BCUT2D eigenvalue weighted by molar-refractivity contribution is 5.92. The zero-order valence-corrected chi connectivity index (χ0v) is 11.0. The van der Waals surface area contributed by atoms with E-state index in [0.717, 1.165) is 0 Å². The molecule has 6 nitrogen and oxygen atoms in total. The smallest absolute Gasteiger partial charge is 0.333 e. The molecule has 0 aliphatic carbocycles. The first-order valence-electron chi connectivity index (χ1n) is 6.36. The van der Waals surface area contributed by atoms with Crippen LogP contribution >= 0.6 is 0 Å². The number of rotatable bonds is 3. The highest BCUT2D eigenvalue weighted by atomic mass is 19.3. The van der Waals surface area contributed by atoms with Crippen molar-refractivity contribution in [2.24, 2.45) is 5.92 Å². The monoisotopic (exact) mass is 289 g/mol. The van der Waals surface area contributed by atoms with Gasteiger partial charge in [0.2, 0.25) is 0 Å². The molecule has 1 aromatic rings. The zero-order valence-electron chi connectivity index (χ0n) is 11.0. The number of alkyl halides is 2. The van der Waals surface area contributed by atoms with Gasteiger partial charge in [0, 0.05) is 31.3 Å². The number of piperidine rings is 1. The summed E-state index contributed by atoms with van der Waals surface area (Å²) in [5.74, 6) is -0.734. The third-order valence-electron chi connectivity index (χ3n) is 3.57. The fourth-order valence-corrected chi connectivity index (χ4v) is 2.33. The van der Waals surface area contributed by atoms with Gasteiger partial charge in [-0.1, -0.05) is 0 Å². The Hall–Kier alpha value is -1.54. The second-order valence-electron chi connectivity index (χ2n) is 4.94. The number of aliphatic hydroxyl groups is 2. The molecule has 0 radical (unpaired) electrons. The maximum absolute atomic E-state index is 12.6. The molecule has 2 heterocycles. The van der Waals surface area contributed by atoms with Crippen LogP contribution in [0, 0.1) is 12.8 Å². The largest absolute Gasteiger partial charge is 0.396 e. The number of aryl methyl sites for hydroxylation is 1. The molecule has 1 aromatic heterocycles. The van der Waals surface area contributed by atoms with Crippen LogP contribution in [0.25, 0.3) is 0 Å². The van der Waals surface area contributed by atoms with Crippen molar-refractivity contribution in [3.8, 4) is 0 Å². The maximum atomic E-state index is 12.6. The molecule has 0 bridgehead atoms. The van der Waals surface area contributed by atoms with Crippen LogP contribution in [-0.4, -0.2) is 56.6 Å². The minimum atomic E-state index is -2.79. The number of carbonyl (C=O) groups is 1. The average Bonchev–Trinajstić information content (AvgIpc) is 2.80. The van der Waals surface area contributed by atoms with Gasteiger partial charge in [0.05, 0.1) is 6.10 Å². The summed E-state index contributed by atoms with van der Waals surface area (Å²) in [7, 11) is 0. The number of β-amino-alcohol motifs (C(OH)–C–C–N with tert-alkyl or cyclic N) is 1. The van der Waals surface area contributed by atoms with E-state index in [-0.39, 0.29) is 30.5 Å². The summed E-state index contributed by atoms with van der Waals surface area (Å²) >= 11 is 0. The summed E-state index contributed by atoms with van der Waals surface area (Å²) < 4.78 is 25.7. The maximum Gasteiger partial charge on any atom is 0.333 e. The quantitative estimate of drug-likeness (QED) is 0.844. The molecule has 2 rings (SSSR count). The predicted octanol–water partition coefficient (Wildman–Crippen LogP) is 0.402. The van der Waals surface area contributed by atoms with Gasteiger partial charge >= 0.3 is 6.55 Å². The van der Waals surface area contributed by atoms with Gasteiger partial charge < -0.3 is 15.1 Å². The van der Waals surface area contributed by atoms with E-state index in [9.17, 15) is 18.7 Å². The highest BCUT2D eigenvalue weighted by Crippen LogP contribution is 2.20. The van der Waals surface area contributed by atoms with Crippen LogP contribution < -0.4 is 0 Å². The summed E-state index contributed by atoms with van der Waals surface area (Å²) in [6.45, 7) is -1.04. The van der Waals surface area contributed by atoms with Crippen molar-refractivity contribution < 1.29 is 23.8 Å². The first-order valence-corrected chi connectivity index (χ1v) is 6.36. The molecule has 1 fully saturated rings. The normalized spacial score (nSPS) is 23.4. The Morgan fingerprint density at radius 3 is 2.80 bits per heavy atom. The summed E-state index contributed by atoms with van der Waals surface area (Å²) in [5.41, 5.74) is 0.145. The molecule has 2 atom stereocenters. The van der Waals surface area contributed by atoms with E-state index in [2.05, 4.69) is 5.10 Å². The molecular formula is C12H17F2N3O3. The Balaban J connectivity index is 2.10. The second-order valence-corrected chi connectivity index (χ2v) is 4.94. The fraction of sp³-hybridized carbons (Fsp3) is 0.667. The Bertz CT molecular complexity index is 492. The van der Waals surface area contributed by atoms with Gasteiger partial charge in [-0.25, -0.2) is 4.68 Å². The number of hydrogen-bond donors (Lipinski definition) is 2. The first-order chi connectivity index (χ1) is 9.43. The van der Waals surface area contributed by atoms with Crippen molar-refractivity contribution in [2.75, 3.05) is 19.7 Å². The van der Waals surface area contributed by atoms with Gasteiger partial charge in [-0.15, -0.1) is 0 Å². The SMILES string of the molecule is Cc1cc(C(=O)N2CC[C@H](CO)[C@H](O)C2)nn1C(F)F. The molecular weight excluding hydrogens is 272 g/mol. The molecule has 2 N–H and O–H groups in total. The van der Waals surface area contributed by atoms with E-state index in [1.165, 1.54) is 17.9 Å². The van der Waals surface area contributed by atoms with Crippen molar-refractivity contribution in [1.82, 2.24) is 14.7 Å². The second kappa shape index (κ2) is 5.84. The number of likely N-dealkylation sites (tertiary alicyclic amines) is 1. The van der Waals surface area contributed by atoms with Crippen LogP contribution in [0.4, 0.5) is 8.78 Å². The van der Waals surface area contributed by atoms with E-state index in [1.54, 1.807) is 0 Å². The van der Waals surface area contributed by atoms with Gasteiger partial charge in [-0.2, -0.15) is 13.9 Å². The van der Waals surface area contributed by atoms with Crippen molar-refractivity contribution >= 4 is 5.91 Å². The third kappa shape index (κ3) is 2.80.